The summed E-state index contributed by atoms with van der Waals surface area (Å²) in [6.45, 7) is 3.56. The van der Waals surface area contributed by atoms with Gasteiger partial charge in [-0.3, -0.25) is 13.9 Å². The van der Waals surface area contributed by atoms with Gasteiger partial charge in [-0.15, -0.1) is 0 Å². The highest BCUT2D eigenvalue weighted by Gasteiger charge is 2.33. The first-order valence-electron chi connectivity index (χ1n) is 12.4. The fraction of sp³-hybridized carbons (Fsp3) is 0.310. The van der Waals surface area contributed by atoms with Gasteiger partial charge in [0.05, 0.1) is 11.9 Å². The zero-order valence-corrected chi connectivity index (χ0v) is 23.7. The van der Waals surface area contributed by atoms with Crippen LogP contribution >= 0.6 is 11.6 Å². The predicted octanol–water partition coefficient (Wildman–Crippen LogP) is 4.62. The zero-order chi connectivity index (χ0) is 27.9. The quantitative estimate of drug-likeness (QED) is 0.374. The number of amides is 2. The predicted molar refractivity (Wildman–Crippen MR) is 153 cm³/mol. The van der Waals surface area contributed by atoms with Gasteiger partial charge in [-0.1, -0.05) is 86.1 Å². The molecule has 0 bridgehead atoms. The number of rotatable bonds is 11. The van der Waals surface area contributed by atoms with Crippen molar-refractivity contribution in [2.45, 2.75) is 38.8 Å². The number of carbonyl (C=O) groups excluding carboxylic acids is 2. The highest BCUT2D eigenvalue weighted by Crippen LogP contribution is 2.29. The van der Waals surface area contributed by atoms with Crippen molar-refractivity contribution in [1.29, 1.82) is 0 Å². The van der Waals surface area contributed by atoms with Crippen LogP contribution in [0.4, 0.5) is 5.69 Å². The van der Waals surface area contributed by atoms with Crippen molar-refractivity contribution in [3.63, 3.8) is 0 Å². The van der Waals surface area contributed by atoms with E-state index >= 15 is 0 Å². The Morgan fingerprint density at radius 2 is 1.55 bits per heavy atom. The van der Waals surface area contributed by atoms with E-state index in [0.717, 1.165) is 27.3 Å². The molecule has 0 aliphatic heterocycles. The van der Waals surface area contributed by atoms with Crippen LogP contribution in [-0.4, -0.2) is 51.0 Å². The number of nitrogens with zero attached hydrogens (tertiary/aromatic N) is 2. The summed E-state index contributed by atoms with van der Waals surface area (Å²) < 4.78 is 27.1. The maximum atomic E-state index is 14.0. The summed E-state index contributed by atoms with van der Waals surface area (Å²) in [5, 5.41) is 3.16. The summed E-state index contributed by atoms with van der Waals surface area (Å²) in [6.07, 6.45) is 1.34. The van der Waals surface area contributed by atoms with Crippen molar-refractivity contribution in [3.8, 4) is 0 Å². The molecule has 3 aromatic carbocycles. The standard InChI is InChI=1S/C29H34ClN3O4S/c1-21(2)25-15-8-9-16-26(25)33(38(4,36)37)20-28(34)32(19-23-13-10-14-24(30)17-23)27(29(35)31-3)18-22-11-6-5-7-12-22/h5-17,21,27H,18-20H2,1-4H3,(H,31,35). The topological polar surface area (TPSA) is 86.8 Å². The zero-order valence-electron chi connectivity index (χ0n) is 22.1. The molecule has 1 N–H and O–H groups in total. The first-order chi connectivity index (χ1) is 18.0. The molecule has 3 aromatic rings. The normalized spacial score (nSPS) is 12.2. The van der Waals surface area contributed by atoms with E-state index in [9.17, 15) is 18.0 Å². The van der Waals surface area contributed by atoms with Gasteiger partial charge in [0.1, 0.15) is 12.6 Å². The third kappa shape index (κ3) is 7.58. The van der Waals surface area contributed by atoms with Crippen LogP contribution in [0.5, 0.6) is 0 Å². The molecule has 0 aliphatic carbocycles. The minimum Gasteiger partial charge on any atom is -0.357 e. The maximum Gasteiger partial charge on any atom is 0.244 e. The fourth-order valence-electron chi connectivity index (χ4n) is 4.35. The highest BCUT2D eigenvalue weighted by atomic mass is 35.5. The largest absolute Gasteiger partial charge is 0.357 e. The van der Waals surface area contributed by atoms with Gasteiger partial charge in [-0.05, 0) is 40.8 Å². The van der Waals surface area contributed by atoms with E-state index in [4.69, 9.17) is 11.6 Å². The number of nitrogens with one attached hydrogen (secondary N) is 1. The van der Waals surface area contributed by atoms with E-state index in [1.54, 1.807) is 30.3 Å². The fourth-order valence-corrected chi connectivity index (χ4v) is 5.43. The molecule has 0 fully saturated rings. The van der Waals surface area contributed by atoms with Gasteiger partial charge < -0.3 is 10.2 Å². The van der Waals surface area contributed by atoms with Crippen molar-refractivity contribution in [3.05, 3.63) is 101 Å². The third-order valence-electron chi connectivity index (χ3n) is 6.27. The number of halogens is 1. The van der Waals surface area contributed by atoms with Gasteiger partial charge in [0, 0.05) is 25.0 Å². The summed E-state index contributed by atoms with van der Waals surface area (Å²) in [6, 6.07) is 22.7. The highest BCUT2D eigenvalue weighted by molar-refractivity contribution is 7.92. The average Bonchev–Trinajstić information content (AvgIpc) is 2.88. The van der Waals surface area contributed by atoms with E-state index in [0.29, 0.717) is 10.7 Å². The second-order valence-electron chi connectivity index (χ2n) is 9.45. The van der Waals surface area contributed by atoms with E-state index in [1.807, 2.05) is 62.4 Å². The van der Waals surface area contributed by atoms with Gasteiger partial charge in [-0.2, -0.15) is 0 Å². The van der Waals surface area contributed by atoms with Crippen LogP contribution in [0.25, 0.3) is 0 Å². The molecule has 0 spiro atoms. The van der Waals surface area contributed by atoms with Crippen molar-refractivity contribution in [1.82, 2.24) is 10.2 Å². The Morgan fingerprint density at radius 1 is 0.921 bits per heavy atom. The molecule has 0 saturated carbocycles. The summed E-state index contributed by atoms with van der Waals surface area (Å²) in [5.74, 6) is -0.818. The molecular weight excluding hydrogens is 522 g/mol. The smallest absolute Gasteiger partial charge is 0.244 e. The third-order valence-corrected chi connectivity index (χ3v) is 7.63. The van der Waals surface area contributed by atoms with Crippen molar-refractivity contribution < 1.29 is 18.0 Å². The molecular formula is C29H34ClN3O4S. The van der Waals surface area contributed by atoms with E-state index in [-0.39, 0.29) is 24.8 Å². The van der Waals surface area contributed by atoms with E-state index in [1.165, 1.54) is 11.9 Å². The lowest BCUT2D eigenvalue weighted by atomic mass is 10.0. The van der Waals surface area contributed by atoms with Gasteiger partial charge >= 0.3 is 0 Å². The number of hydrogen-bond donors (Lipinski definition) is 1. The molecule has 0 radical (unpaired) electrons. The van der Waals surface area contributed by atoms with Crippen LogP contribution in [0, 0.1) is 0 Å². The summed E-state index contributed by atoms with van der Waals surface area (Å²) >= 11 is 6.21. The number of benzene rings is 3. The van der Waals surface area contributed by atoms with E-state index < -0.39 is 28.5 Å². The molecule has 0 saturated heterocycles. The molecule has 9 heteroatoms. The minimum atomic E-state index is -3.83. The van der Waals surface area contributed by atoms with Gasteiger partial charge in [0.15, 0.2) is 0 Å². The maximum absolute atomic E-state index is 14.0. The summed E-state index contributed by atoms with van der Waals surface area (Å²) in [7, 11) is -2.31. The Hall–Kier alpha value is -3.36. The number of likely N-dealkylation sites (N-methyl/N-ethyl adjacent to an activating group) is 1. The Balaban J connectivity index is 2.07. The molecule has 1 atom stereocenters. The molecule has 7 nitrogen and oxygen atoms in total. The monoisotopic (exact) mass is 555 g/mol. The van der Waals surface area contributed by atoms with Gasteiger partial charge in [-0.25, -0.2) is 8.42 Å². The number of carbonyl (C=O) groups is 2. The SMILES string of the molecule is CNC(=O)C(Cc1ccccc1)N(Cc1cccc(Cl)c1)C(=O)CN(c1ccccc1C(C)C)S(C)(=O)=O. The van der Waals surface area contributed by atoms with Crippen LogP contribution < -0.4 is 9.62 Å². The molecule has 0 aliphatic rings. The van der Waals surface area contributed by atoms with Crippen LogP contribution in [0.3, 0.4) is 0 Å². The Morgan fingerprint density at radius 3 is 2.16 bits per heavy atom. The summed E-state index contributed by atoms with van der Waals surface area (Å²) in [4.78, 5) is 28.6. The van der Waals surface area contributed by atoms with Crippen molar-refractivity contribution >= 4 is 39.1 Å². The van der Waals surface area contributed by atoms with Crippen LogP contribution in [0.1, 0.15) is 36.5 Å². The second-order valence-corrected chi connectivity index (χ2v) is 11.8. The van der Waals surface area contributed by atoms with Gasteiger partial charge in [0.25, 0.3) is 0 Å². The molecule has 3 rings (SSSR count). The molecule has 202 valence electrons. The average molecular weight is 556 g/mol. The Labute approximate surface area is 230 Å². The molecule has 38 heavy (non-hydrogen) atoms. The first kappa shape index (κ1) is 29.2. The van der Waals surface area contributed by atoms with Crippen LogP contribution in [0.2, 0.25) is 5.02 Å². The minimum absolute atomic E-state index is 0.0322. The number of hydrogen-bond acceptors (Lipinski definition) is 4. The summed E-state index contributed by atoms with van der Waals surface area (Å²) in [5.41, 5.74) is 2.84. The molecule has 0 heterocycles. The van der Waals surface area contributed by atoms with Crippen LogP contribution in [-0.2, 0) is 32.6 Å². The van der Waals surface area contributed by atoms with Gasteiger partial charge in [0.2, 0.25) is 21.8 Å². The lowest BCUT2D eigenvalue weighted by molar-refractivity contribution is -0.139. The number of anilines is 1. The van der Waals surface area contributed by atoms with E-state index in [2.05, 4.69) is 5.32 Å². The Kier molecular flexibility index (Phi) is 9.94. The molecule has 0 aromatic heterocycles. The number of sulfonamides is 1. The number of para-hydroxylation sites is 1. The molecule has 1 unspecified atom stereocenters. The second kappa shape index (κ2) is 12.9. The molecule has 2 amide bonds. The van der Waals surface area contributed by atoms with Crippen molar-refractivity contribution in [2.75, 3.05) is 24.2 Å². The Bertz CT molecular complexity index is 1360. The first-order valence-corrected chi connectivity index (χ1v) is 14.6. The lowest BCUT2D eigenvalue weighted by Crippen LogP contribution is -2.53. The van der Waals surface area contributed by atoms with Crippen molar-refractivity contribution in [2.24, 2.45) is 0 Å². The van der Waals surface area contributed by atoms with Crippen LogP contribution in [0.15, 0.2) is 78.9 Å². The lowest BCUT2D eigenvalue weighted by Gasteiger charge is -2.34.